The van der Waals surface area contributed by atoms with Gasteiger partial charge >= 0.3 is 0 Å². The lowest BCUT2D eigenvalue weighted by Gasteiger charge is -2.38. The van der Waals surface area contributed by atoms with E-state index in [0.717, 1.165) is 32.2 Å². The summed E-state index contributed by atoms with van der Waals surface area (Å²) in [6, 6.07) is 0.816. The maximum atomic E-state index is 11.8. The average Bonchev–Trinajstić information content (AvgIpc) is 2.81. The van der Waals surface area contributed by atoms with E-state index in [4.69, 9.17) is 0 Å². The van der Waals surface area contributed by atoms with Crippen molar-refractivity contribution in [3.63, 3.8) is 0 Å². The van der Waals surface area contributed by atoms with Crippen molar-refractivity contribution < 1.29 is 4.79 Å². The minimum atomic E-state index is 0.151. The van der Waals surface area contributed by atoms with Gasteiger partial charge in [0.1, 0.15) is 0 Å². The summed E-state index contributed by atoms with van der Waals surface area (Å²) in [6.07, 6.45) is 5.54. The Balaban J connectivity index is 1.80. The molecule has 0 N–H and O–H groups in total. The number of carbonyl (C=O) groups is 1. The molecule has 92 valence electrons. The lowest BCUT2D eigenvalue weighted by atomic mass is 10.1. The van der Waals surface area contributed by atoms with Crippen LogP contribution in [0, 0.1) is 5.92 Å². The van der Waals surface area contributed by atoms with Crippen molar-refractivity contribution in [1.82, 2.24) is 9.80 Å². The maximum Gasteiger partial charge on any atom is 0.225 e. The summed E-state index contributed by atoms with van der Waals surface area (Å²) >= 11 is 0. The van der Waals surface area contributed by atoms with Gasteiger partial charge in [-0.05, 0) is 12.8 Å². The van der Waals surface area contributed by atoms with Crippen molar-refractivity contribution in [3.05, 3.63) is 0 Å². The third kappa shape index (κ3) is 2.57. The van der Waals surface area contributed by atoms with Crippen LogP contribution in [0.2, 0.25) is 0 Å². The minimum absolute atomic E-state index is 0.151. The highest BCUT2D eigenvalue weighted by molar-refractivity contribution is 5.78. The zero-order valence-electron chi connectivity index (χ0n) is 10.6. The molecule has 1 aliphatic carbocycles. The average molecular weight is 224 g/mol. The molecular formula is C13H24N2O. The summed E-state index contributed by atoms with van der Waals surface area (Å²) in [7, 11) is 0. The molecular weight excluding hydrogens is 200 g/mol. The van der Waals surface area contributed by atoms with E-state index >= 15 is 0 Å². The van der Waals surface area contributed by atoms with E-state index in [9.17, 15) is 4.79 Å². The highest BCUT2D eigenvalue weighted by atomic mass is 16.2. The van der Waals surface area contributed by atoms with E-state index < -0.39 is 0 Å². The molecule has 0 spiro atoms. The van der Waals surface area contributed by atoms with Gasteiger partial charge in [-0.25, -0.2) is 0 Å². The van der Waals surface area contributed by atoms with Gasteiger partial charge in [0.05, 0.1) is 0 Å². The molecule has 1 aliphatic heterocycles. The Morgan fingerprint density at radius 2 is 1.62 bits per heavy atom. The number of nitrogens with zero attached hydrogens (tertiary/aromatic N) is 2. The van der Waals surface area contributed by atoms with Crippen molar-refractivity contribution in [2.75, 3.05) is 26.2 Å². The van der Waals surface area contributed by atoms with E-state index in [0.29, 0.717) is 5.91 Å². The van der Waals surface area contributed by atoms with Crippen molar-refractivity contribution in [3.8, 4) is 0 Å². The van der Waals surface area contributed by atoms with Gasteiger partial charge in [0.25, 0.3) is 0 Å². The first-order chi connectivity index (χ1) is 7.68. The first-order valence-corrected chi connectivity index (χ1v) is 6.71. The topological polar surface area (TPSA) is 23.6 Å². The number of rotatable bonds is 2. The lowest BCUT2D eigenvalue weighted by molar-refractivity contribution is -0.136. The summed E-state index contributed by atoms with van der Waals surface area (Å²) < 4.78 is 0. The SMILES string of the molecule is CC(C)C(=O)N1CCN(C2CCCC2)CC1. The molecule has 2 aliphatic rings. The molecule has 0 bridgehead atoms. The highest BCUT2D eigenvalue weighted by Crippen LogP contribution is 2.24. The van der Waals surface area contributed by atoms with E-state index in [1.165, 1.54) is 25.7 Å². The van der Waals surface area contributed by atoms with Crippen molar-refractivity contribution in [2.24, 2.45) is 5.92 Å². The van der Waals surface area contributed by atoms with Crippen LogP contribution in [0.1, 0.15) is 39.5 Å². The summed E-state index contributed by atoms with van der Waals surface area (Å²) in [6.45, 7) is 8.03. The fourth-order valence-electron chi connectivity index (χ4n) is 2.94. The number of hydrogen-bond acceptors (Lipinski definition) is 2. The van der Waals surface area contributed by atoms with Crippen molar-refractivity contribution >= 4 is 5.91 Å². The first-order valence-electron chi connectivity index (χ1n) is 6.71. The Morgan fingerprint density at radius 1 is 1.06 bits per heavy atom. The third-order valence-electron chi connectivity index (χ3n) is 3.96. The zero-order chi connectivity index (χ0) is 11.5. The van der Waals surface area contributed by atoms with Crippen molar-refractivity contribution in [1.29, 1.82) is 0 Å². The molecule has 2 fully saturated rings. The normalized spacial score (nSPS) is 24.3. The molecule has 0 radical (unpaired) electrons. The molecule has 3 heteroatoms. The molecule has 3 nitrogen and oxygen atoms in total. The fourth-order valence-corrected chi connectivity index (χ4v) is 2.94. The van der Waals surface area contributed by atoms with Crippen LogP contribution < -0.4 is 0 Å². The second kappa shape index (κ2) is 5.17. The second-order valence-corrected chi connectivity index (χ2v) is 5.45. The van der Waals surface area contributed by atoms with Crippen molar-refractivity contribution in [2.45, 2.75) is 45.6 Å². The number of piperazine rings is 1. The number of amides is 1. The van der Waals surface area contributed by atoms with Crippen LogP contribution >= 0.6 is 0 Å². The molecule has 0 atom stereocenters. The van der Waals surface area contributed by atoms with E-state index in [-0.39, 0.29) is 5.92 Å². The second-order valence-electron chi connectivity index (χ2n) is 5.45. The Morgan fingerprint density at radius 3 is 2.12 bits per heavy atom. The van der Waals surface area contributed by atoms with Gasteiger partial charge < -0.3 is 4.90 Å². The number of carbonyl (C=O) groups excluding carboxylic acids is 1. The predicted molar refractivity (Wildman–Crippen MR) is 65.2 cm³/mol. The first kappa shape index (κ1) is 11.9. The van der Waals surface area contributed by atoms with E-state index in [1.807, 2.05) is 18.7 Å². The Hall–Kier alpha value is -0.570. The van der Waals surface area contributed by atoms with Gasteiger partial charge in [-0.3, -0.25) is 9.69 Å². The van der Waals surface area contributed by atoms with Gasteiger partial charge in [-0.15, -0.1) is 0 Å². The molecule has 1 saturated carbocycles. The Bertz CT molecular complexity index is 238. The largest absolute Gasteiger partial charge is 0.340 e. The Labute approximate surface area is 98.8 Å². The summed E-state index contributed by atoms with van der Waals surface area (Å²) in [5, 5.41) is 0. The molecule has 1 saturated heterocycles. The molecule has 1 heterocycles. The summed E-state index contributed by atoms with van der Waals surface area (Å²) in [5.74, 6) is 0.476. The fraction of sp³-hybridized carbons (Fsp3) is 0.923. The lowest BCUT2D eigenvalue weighted by Crippen LogP contribution is -2.52. The van der Waals surface area contributed by atoms with E-state index in [1.54, 1.807) is 0 Å². The summed E-state index contributed by atoms with van der Waals surface area (Å²) in [4.78, 5) is 16.5. The van der Waals surface area contributed by atoms with Gasteiger partial charge in [-0.1, -0.05) is 26.7 Å². The standard InChI is InChI=1S/C13H24N2O/c1-11(2)13(16)15-9-7-14(8-10-15)12-5-3-4-6-12/h11-12H,3-10H2,1-2H3. The smallest absolute Gasteiger partial charge is 0.225 e. The van der Waals surface area contributed by atoms with Crippen LogP contribution in [-0.2, 0) is 4.79 Å². The molecule has 0 unspecified atom stereocenters. The van der Waals surface area contributed by atoms with Crippen LogP contribution in [-0.4, -0.2) is 47.9 Å². The van der Waals surface area contributed by atoms with Crippen LogP contribution in [0.25, 0.3) is 0 Å². The maximum absolute atomic E-state index is 11.8. The molecule has 0 aromatic heterocycles. The molecule has 0 aromatic rings. The van der Waals surface area contributed by atoms with Gasteiger partial charge in [-0.2, -0.15) is 0 Å². The van der Waals surface area contributed by atoms with Crippen LogP contribution in [0.4, 0.5) is 0 Å². The highest BCUT2D eigenvalue weighted by Gasteiger charge is 2.28. The molecule has 1 amide bonds. The monoisotopic (exact) mass is 224 g/mol. The summed E-state index contributed by atoms with van der Waals surface area (Å²) in [5.41, 5.74) is 0. The Kier molecular flexibility index (Phi) is 3.85. The van der Waals surface area contributed by atoms with E-state index in [2.05, 4.69) is 4.90 Å². The van der Waals surface area contributed by atoms with Crippen LogP contribution in [0.3, 0.4) is 0 Å². The number of hydrogen-bond donors (Lipinski definition) is 0. The third-order valence-corrected chi connectivity index (χ3v) is 3.96. The molecule has 0 aromatic carbocycles. The van der Waals surface area contributed by atoms with Gasteiger partial charge in [0, 0.05) is 38.1 Å². The van der Waals surface area contributed by atoms with Crippen LogP contribution in [0.5, 0.6) is 0 Å². The predicted octanol–water partition coefficient (Wildman–Crippen LogP) is 1.73. The van der Waals surface area contributed by atoms with Gasteiger partial charge in [0.15, 0.2) is 0 Å². The molecule has 2 rings (SSSR count). The minimum Gasteiger partial charge on any atom is -0.340 e. The molecule has 16 heavy (non-hydrogen) atoms. The van der Waals surface area contributed by atoms with Gasteiger partial charge in [0.2, 0.25) is 5.91 Å². The zero-order valence-corrected chi connectivity index (χ0v) is 10.6. The quantitative estimate of drug-likeness (QED) is 0.713. The van der Waals surface area contributed by atoms with Crippen LogP contribution in [0.15, 0.2) is 0 Å².